The summed E-state index contributed by atoms with van der Waals surface area (Å²) in [5.74, 6) is 0.0200. The highest BCUT2D eigenvalue weighted by atomic mass is 79.9. The molecule has 0 aliphatic carbocycles. The standard InChI is InChI=1S/C11H14BrN3O2/c1-15-6-8(4-9(12)11(15)17)14-10(16)7-2-3-13-5-7/h4,6-7,13H,2-3,5H2,1H3,(H,14,16). The molecular formula is C11H14BrN3O2. The molecular weight excluding hydrogens is 286 g/mol. The zero-order valence-corrected chi connectivity index (χ0v) is 11.1. The van der Waals surface area contributed by atoms with Gasteiger partial charge in [-0.25, -0.2) is 0 Å². The number of carbonyl (C=O) groups excluding carboxylic acids is 1. The molecule has 0 bridgehead atoms. The van der Waals surface area contributed by atoms with Crippen molar-refractivity contribution >= 4 is 27.5 Å². The Hall–Kier alpha value is -1.14. The van der Waals surface area contributed by atoms with Crippen LogP contribution in [0.4, 0.5) is 5.69 Å². The molecule has 1 aliphatic rings. The van der Waals surface area contributed by atoms with Crippen molar-refractivity contribution in [2.24, 2.45) is 13.0 Å². The monoisotopic (exact) mass is 299 g/mol. The van der Waals surface area contributed by atoms with Crippen molar-refractivity contribution in [2.45, 2.75) is 6.42 Å². The summed E-state index contributed by atoms with van der Waals surface area (Å²) < 4.78 is 1.88. The Labute approximate surface area is 107 Å². The van der Waals surface area contributed by atoms with E-state index < -0.39 is 0 Å². The fourth-order valence-electron chi connectivity index (χ4n) is 1.86. The second-order valence-corrected chi connectivity index (χ2v) is 5.03. The Morgan fingerprint density at radius 1 is 1.65 bits per heavy atom. The first kappa shape index (κ1) is 12.3. The van der Waals surface area contributed by atoms with E-state index >= 15 is 0 Å². The van der Waals surface area contributed by atoms with Gasteiger partial charge >= 0.3 is 0 Å². The highest BCUT2D eigenvalue weighted by Crippen LogP contribution is 2.15. The first-order chi connectivity index (χ1) is 8.08. The zero-order chi connectivity index (χ0) is 12.4. The first-order valence-corrected chi connectivity index (χ1v) is 6.25. The lowest BCUT2D eigenvalue weighted by Crippen LogP contribution is -2.26. The number of aromatic nitrogens is 1. The van der Waals surface area contributed by atoms with E-state index in [1.165, 1.54) is 4.57 Å². The number of nitrogens with zero attached hydrogens (tertiary/aromatic N) is 1. The molecule has 1 unspecified atom stereocenters. The van der Waals surface area contributed by atoms with Crippen molar-refractivity contribution in [1.82, 2.24) is 9.88 Å². The van der Waals surface area contributed by atoms with Gasteiger partial charge in [0, 0.05) is 19.8 Å². The maximum atomic E-state index is 11.9. The lowest BCUT2D eigenvalue weighted by atomic mass is 10.1. The van der Waals surface area contributed by atoms with Gasteiger partial charge in [-0.3, -0.25) is 9.59 Å². The van der Waals surface area contributed by atoms with Crippen molar-refractivity contribution in [3.63, 3.8) is 0 Å². The van der Waals surface area contributed by atoms with Crippen molar-refractivity contribution < 1.29 is 4.79 Å². The Morgan fingerprint density at radius 3 is 3.00 bits per heavy atom. The summed E-state index contributed by atoms with van der Waals surface area (Å²) in [4.78, 5) is 23.3. The maximum absolute atomic E-state index is 11.9. The van der Waals surface area contributed by atoms with E-state index in [1.807, 2.05) is 0 Å². The zero-order valence-electron chi connectivity index (χ0n) is 9.50. The van der Waals surface area contributed by atoms with Crippen LogP contribution in [0.5, 0.6) is 0 Å². The Morgan fingerprint density at radius 2 is 2.41 bits per heavy atom. The molecule has 0 saturated carbocycles. The quantitative estimate of drug-likeness (QED) is 0.845. The summed E-state index contributed by atoms with van der Waals surface area (Å²) in [6.07, 6.45) is 2.48. The first-order valence-electron chi connectivity index (χ1n) is 5.45. The van der Waals surface area contributed by atoms with Crippen LogP contribution in [0.2, 0.25) is 0 Å². The van der Waals surface area contributed by atoms with Crippen LogP contribution in [0.1, 0.15) is 6.42 Å². The second-order valence-electron chi connectivity index (χ2n) is 4.17. The van der Waals surface area contributed by atoms with Gasteiger partial charge in [0.25, 0.3) is 5.56 Å². The van der Waals surface area contributed by atoms with E-state index in [-0.39, 0.29) is 17.4 Å². The average Bonchev–Trinajstić information content (AvgIpc) is 2.79. The van der Waals surface area contributed by atoms with Gasteiger partial charge < -0.3 is 15.2 Å². The highest BCUT2D eigenvalue weighted by molar-refractivity contribution is 9.10. The van der Waals surface area contributed by atoms with E-state index in [9.17, 15) is 9.59 Å². The summed E-state index contributed by atoms with van der Waals surface area (Å²) in [5, 5.41) is 5.97. The minimum absolute atomic E-state index is 0.000508. The summed E-state index contributed by atoms with van der Waals surface area (Å²) >= 11 is 3.17. The SMILES string of the molecule is Cn1cc(NC(=O)C2CCNC2)cc(Br)c1=O. The van der Waals surface area contributed by atoms with Gasteiger partial charge in [-0.2, -0.15) is 0 Å². The molecule has 1 amide bonds. The molecule has 6 heteroatoms. The fourth-order valence-corrected chi connectivity index (χ4v) is 2.39. The minimum Gasteiger partial charge on any atom is -0.324 e. The van der Waals surface area contributed by atoms with Crippen LogP contribution < -0.4 is 16.2 Å². The van der Waals surface area contributed by atoms with E-state index in [0.29, 0.717) is 10.2 Å². The van der Waals surface area contributed by atoms with E-state index in [0.717, 1.165) is 19.5 Å². The molecule has 1 aliphatic heterocycles. The summed E-state index contributed by atoms with van der Waals surface area (Å²) in [6.45, 7) is 1.60. The Bertz CT molecular complexity index is 466. The third kappa shape index (κ3) is 2.76. The van der Waals surface area contributed by atoms with Gasteiger partial charge in [-0.1, -0.05) is 0 Å². The number of rotatable bonds is 2. The van der Waals surface area contributed by atoms with Crippen molar-refractivity contribution in [2.75, 3.05) is 18.4 Å². The molecule has 1 aromatic heterocycles. The molecule has 1 saturated heterocycles. The van der Waals surface area contributed by atoms with Gasteiger partial charge in [0.05, 0.1) is 16.1 Å². The molecule has 0 spiro atoms. The van der Waals surface area contributed by atoms with Crippen molar-refractivity contribution in [3.8, 4) is 0 Å². The highest BCUT2D eigenvalue weighted by Gasteiger charge is 2.22. The Kier molecular flexibility index (Phi) is 3.63. The third-order valence-electron chi connectivity index (χ3n) is 2.84. The third-order valence-corrected chi connectivity index (χ3v) is 3.41. The Balaban J connectivity index is 2.13. The number of halogens is 1. The number of pyridine rings is 1. The molecule has 1 fully saturated rings. The van der Waals surface area contributed by atoms with Crippen molar-refractivity contribution in [3.05, 3.63) is 27.1 Å². The number of hydrogen-bond donors (Lipinski definition) is 2. The van der Waals surface area contributed by atoms with E-state index in [4.69, 9.17) is 0 Å². The number of nitrogens with one attached hydrogen (secondary N) is 2. The van der Waals surface area contributed by atoms with Crippen LogP contribution >= 0.6 is 15.9 Å². The van der Waals surface area contributed by atoms with Gasteiger partial charge in [0.15, 0.2) is 0 Å². The number of hydrogen-bond acceptors (Lipinski definition) is 3. The normalized spacial score (nSPS) is 19.3. The summed E-state index contributed by atoms with van der Waals surface area (Å²) in [5.41, 5.74) is 0.515. The average molecular weight is 300 g/mol. The maximum Gasteiger partial charge on any atom is 0.264 e. The van der Waals surface area contributed by atoms with Gasteiger partial charge in [-0.15, -0.1) is 0 Å². The van der Waals surface area contributed by atoms with Crippen LogP contribution in [0, 0.1) is 5.92 Å². The van der Waals surface area contributed by atoms with Gasteiger partial charge in [-0.05, 0) is 35.0 Å². The molecule has 1 aromatic rings. The molecule has 92 valence electrons. The lowest BCUT2D eigenvalue weighted by molar-refractivity contribution is -0.119. The van der Waals surface area contributed by atoms with Crippen LogP contribution in [0.15, 0.2) is 21.5 Å². The van der Waals surface area contributed by atoms with Crippen molar-refractivity contribution in [1.29, 1.82) is 0 Å². The van der Waals surface area contributed by atoms with Crippen LogP contribution in [0.25, 0.3) is 0 Å². The van der Waals surface area contributed by atoms with E-state index in [1.54, 1.807) is 19.3 Å². The summed E-state index contributed by atoms with van der Waals surface area (Å²) in [6, 6.07) is 1.63. The molecule has 2 rings (SSSR count). The topological polar surface area (TPSA) is 63.1 Å². The molecule has 17 heavy (non-hydrogen) atoms. The molecule has 5 nitrogen and oxygen atoms in total. The van der Waals surface area contributed by atoms with E-state index in [2.05, 4.69) is 26.6 Å². The molecule has 0 aromatic carbocycles. The second kappa shape index (κ2) is 5.01. The summed E-state index contributed by atoms with van der Waals surface area (Å²) in [7, 11) is 1.65. The number of aryl methyl sites for hydroxylation is 1. The minimum atomic E-state index is -0.120. The number of carbonyl (C=O) groups is 1. The molecule has 0 radical (unpaired) electrons. The number of anilines is 1. The van der Waals surface area contributed by atoms with Gasteiger partial charge in [0.2, 0.25) is 5.91 Å². The predicted molar refractivity (Wildman–Crippen MR) is 69.0 cm³/mol. The molecule has 2 heterocycles. The van der Waals surface area contributed by atoms with Crippen LogP contribution in [-0.4, -0.2) is 23.6 Å². The molecule has 1 atom stereocenters. The van der Waals surface area contributed by atoms with Crippen LogP contribution in [0.3, 0.4) is 0 Å². The fraction of sp³-hybridized carbons (Fsp3) is 0.455. The lowest BCUT2D eigenvalue weighted by Gasteiger charge is -2.11. The predicted octanol–water partition coefficient (Wildman–Crippen LogP) is 0.696. The largest absolute Gasteiger partial charge is 0.324 e. The van der Waals surface area contributed by atoms with Gasteiger partial charge in [0.1, 0.15) is 0 Å². The molecule has 2 N–H and O–H groups in total. The smallest absolute Gasteiger partial charge is 0.264 e. The van der Waals surface area contributed by atoms with Crippen LogP contribution in [-0.2, 0) is 11.8 Å². The number of amides is 1.